The molecule has 0 amide bonds. The number of allylic oxidation sites excluding steroid dienone is 1. The van der Waals surface area contributed by atoms with Gasteiger partial charge in [0.2, 0.25) is 0 Å². The largest absolute Gasteiger partial charge is 0.263 e. The minimum atomic E-state index is 0.697. The molecule has 0 saturated heterocycles. The molecule has 1 aliphatic rings. The fourth-order valence-electron chi connectivity index (χ4n) is 8.75. The number of benzene rings is 8. The Bertz CT molecular complexity index is 3230. The van der Waals surface area contributed by atoms with Gasteiger partial charge in [0, 0.05) is 40.0 Å². The van der Waals surface area contributed by atoms with Gasteiger partial charge in [-0.2, -0.15) is 0 Å². The first kappa shape index (κ1) is 33.8. The maximum Gasteiger partial charge on any atom is 0.160 e. The number of nitrogens with zero attached hydrogens (tertiary/aromatic N) is 3. The zero-order valence-electron chi connectivity index (χ0n) is 31.8. The van der Waals surface area contributed by atoms with E-state index in [1.54, 1.807) is 0 Å². The van der Waals surface area contributed by atoms with Crippen LogP contribution in [0.4, 0.5) is 0 Å². The number of aromatic nitrogens is 3. The number of hydrogen-bond acceptors (Lipinski definition) is 3. The lowest BCUT2D eigenvalue weighted by Crippen LogP contribution is -1.98. The third-order valence-corrected chi connectivity index (χ3v) is 11.6. The second kappa shape index (κ2) is 14.2. The molecule has 0 aliphatic heterocycles. The van der Waals surface area contributed by atoms with Crippen LogP contribution in [0.3, 0.4) is 0 Å². The van der Waals surface area contributed by atoms with Gasteiger partial charge in [-0.15, -0.1) is 0 Å². The number of hydrogen-bond donors (Lipinski definition) is 0. The van der Waals surface area contributed by atoms with Crippen LogP contribution >= 0.6 is 0 Å². The standard InChI is InChI=1S/C55H37N3/c1-4-20-45-36(12-1)15-11-25-46(45)39-16-10-19-43(31-39)55-57-53(38-28-26-37(27-29-38)52-35-56-34-44-14-3-6-22-48(44)52)33-54(58-55)42-18-9-17-40(30-42)51-32-41-13-2-5-21-47(41)49-23-7-8-24-50(49)51/h1-3,5-19,21-35H,4,20H2. The molecule has 11 rings (SSSR count). The summed E-state index contributed by atoms with van der Waals surface area (Å²) in [7, 11) is 0. The minimum absolute atomic E-state index is 0.697. The molecule has 3 nitrogen and oxygen atoms in total. The Kier molecular flexibility index (Phi) is 8.29. The SMILES string of the molecule is C1=Cc2cccc(-c3cccc(-c4nc(-c5ccc(-c6cncc7ccccc67)cc5)cc(-c5cccc(-c6cc7ccccc7c7ccccc67)c5)n4)c3)c2CC1. The predicted molar refractivity (Wildman–Crippen MR) is 242 cm³/mol. The lowest BCUT2D eigenvalue weighted by molar-refractivity contribution is 0.988. The van der Waals surface area contributed by atoms with Crippen molar-refractivity contribution < 1.29 is 0 Å². The zero-order valence-corrected chi connectivity index (χ0v) is 31.8. The quantitative estimate of drug-likeness (QED) is 0.159. The van der Waals surface area contributed by atoms with E-state index in [4.69, 9.17) is 9.97 Å². The lowest BCUT2D eigenvalue weighted by atomic mass is 9.89. The summed E-state index contributed by atoms with van der Waals surface area (Å²) in [5, 5.41) is 7.30. The second-order valence-corrected chi connectivity index (χ2v) is 15.1. The Morgan fingerprint density at radius 1 is 0.379 bits per heavy atom. The van der Waals surface area contributed by atoms with Crippen molar-refractivity contribution in [2.45, 2.75) is 12.8 Å². The molecule has 1 aliphatic carbocycles. The van der Waals surface area contributed by atoms with E-state index in [1.807, 2.05) is 12.4 Å². The fraction of sp³-hybridized carbons (Fsp3) is 0.0364. The van der Waals surface area contributed by atoms with Crippen LogP contribution in [0, 0.1) is 0 Å². The van der Waals surface area contributed by atoms with E-state index in [1.165, 1.54) is 54.7 Å². The average Bonchev–Trinajstić information content (AvgIpc) is 3.31. The molecule has 272 valence electrons. The Hall–Kier alpha value is -7.49. The molecule has 3 heteroatoms. The molecule has 8 aromatic carbocycles. The first-order valence-electron chi connectivity index (χ1n) is 20.0. The molecule has 0 radical (unpaired) electrons. The highest BCUT2D eigenvalue weighted by Crippen LogP contribution is 2.38. The summed E-state index contributed by atoms with van der Waals surface area (Å²) in [6.45, 7) is 0. The van der Waals surface area contributed by atoms with E-state index in [2.05, 4.69) is 193 Å². The van der Waals surface area contributed by atoms with Gasteiger partial charge in [-0.05, 0) is 103 Å². The molecule has 0 spiro atoms. The molecule has 2 heterocycles. The normalized spacial score (nSPS) is 12.3. The summed E-state index contributed by atoms with van der Waals surface area (Å²) in [4.78, 5) is 15.2. The van der Waals surface area contributed by atoms with Crippen LogP contribution in [-0.4, -0.2) is 15.0 Å². The van der Waals surface area contributed by atoms with Crippen molar-refractivity contribution in [3.8, 4) is 67.3 Å². The van der Waals surface area contributed by atoms with Crippen LogP contribution in [0.1, 0.15) is 17.5 Å². The number of pyridine rings is 1. The highest BCUT2D eigenvalue weighted by molar-refractivity contribution is 6.13. The van der Waals surface area contributed by atoms with Crippen LogP contribution in [0.15, 0.2) is 194 Å². The fourth-order valence-corrected chi connectivity index (χ4v) is 8.75. The topological polar surface area (TPSA) is 38.7 Å². The molecule has 2 aromatic heterocycles. The molecular formula is C55H37N3. The molecule has 0 saturated carbocycles. The van der Waals surface area contributed by atoms with Crippen molar-refractivity contribution in [1.82, 2.24) is 15.0 Å². The summed E-state index contributed by atoms with van der Waals surface area (Å²) in [5.74, 6) is 0.697. The lowest BCUT2D eigenvalue weighted by Gasteiger charge is -2.16. The smallest absolute Gasteiger partial charge is 0.160 e. The van der Waals surface area contributed by atoms with E-state index >= 15 is 0 Å². The van der Waals surface area contributed by atoms with E-state index in [9.17, 15) is 0 Å². The third-order valence-electron chi connectivity index (χ3n) is 11.6. The van der Waals surface area contributed by atoms with Gasteiger partial charge in [0.15, 0.2) is 5.82 Å². The summed E-state index contributed by atoms with van der Waals surface area (Å²) in [6, 6.07) is 63.1. The molecule has 0 unspecified atom stereocenters. The molecule has 0 atom stereocenters. The van der Waals surface area contributed by atoms with Gasteiger partial charge in [-0.3, -0.25) is 4.98 Å². The Balaban J connectivity index is 1.06. The van der Waals surface area contributed by atoms with Gasteiger partial charge in [0.05, 0.1) is 11.4 Å². The van der Waals surface area contributed by atoms with Gasteiger partial charge in [-0.25, -0.2) is 9.97 Å². The maximum absolute atomic E-state index is 5.34. The zero-order chi connectivity index (χ0) is 38.4. The van der Waals surface area contributed by atoms with Crippen LogP contribution in [0.5, 0.6) is 0 Å². The summed E-state index contributed by atoms with van der Waals surface area (Å²) < 4.78 is 0. The van der Waals surface area contributed by atoms with Crippen LogP contribution < -0.4 is 0 Å². The highest BCUT2D eigenvalue weighted by Gasteiger charge is 2.16. The van der Waals surface area contributed by atoms with Crippen molar-refractivity contribution in [2.75, 3.05) is 0 Å². The van der Waals surface area contributed by atoms with E-state index < -0.39 is 0 Å². The molecule has 0 bridgehead atoms. The Morgan fingerprint density at radius 3 is 1.86 bits per heavy atom. The van der Waals surface area contributed by atoms with Crippen molar-refractivity contribution in [2.24, 2.45) is 0 Å². The van der Waals surface area contributed by atoms with E-state index in [0.29, 0.717) is 5.82 Å². The van der Waals surface area contributed by atoms with Crippen LogP contribution in [-0.2, 0) is 6.42 Å². The first-order chi connectivity index (χ1) is 28.7. The van der Waals surface area contributed by atoms with Crippen molar-refractivity contribution in [3.05, 3.63) is 206 Å². The third kappa shape index (κ3) is 6.05. The van der Waals surface area contributed by atoms with Crippen molar-refractivity contribution >= 4 is 38.4 Å². The molecule has 58 heavy (non-hydrogen) atoms. The summed E-state index contributed by atoms with van der Waals surface area (Å²) >= 11 is 0. The summed E-state index contributed by atoms with van der Waals surface area (Å²) in [6.07, 6.45) is 10.5. The second-order valence-electron chi connectivity index (χ2n) is 15.1. The van der Waals surface area contributed by atoms with Gasteiger partial charge >= 0.3 is 0 Å². The first-order valence-corrected chi connectivity index (χ1v) is 20.0. The average molecular weight is 740 g/mol. The van der Waals surface area contributed by atoms with E-state index in [0.717, 1.165) is 63.0 Å². The van der Waals surface area contributed by atoms with E-state index in [-0.39, 0.29) is 0 Å². The molecule has 10 aromatic rings. The van der Waals surface area contributed by atoms with Gasteiger partial charge in [-0.1, -0.05) is 164 Å². The summed E-state index contributed by atoms with van der Waals surface area (Å²) in [5.41, 5.74) is 14.5. The number of fused-ring (bicyclic) bond motifs is 5. The van der Waals surface area contributed by atoms with Crippen molar-refractivity contribution in [1.29, 1.82) is 0 Å². The molecule has 0 fully saturated rings. The Labute approximate surface area is 337 Å². The van der Waals surface area contributed by atoms with Crippen LogP contribution in [0.2, 0.25) is 0 Å². The maximum atomic E-state index is 5.34. The number of rotatable bonds is 6. The van der Waals surface area contributed by atoms with Crippen LogP contribution in [0.25, 0.3) is 106 Å². The van der Waals surface area contributed by atoms with Gasteiger partial charge in [0.25, 0.3) is 0 Å². The predicted octanol–water partition coefficient (Wildman–Crippen LogP) is 14.3. The Morgan fingerprint density at radius 2 is 1.02 bits per heavy atom. The van der Waals surface area contributed by atoms with Gasteiger partial charge < -0.3 is 0 Å². The van der Waals surface area contributed by atoms with Crippen molar-refractivity contribution in [3.63, 3.8) is 0 Å². The molecular weight excluding hydrogens is 703 g/mol. The van der Waals surface area contributed by atoms with Gasteiger partial charge in [0.1, 0.15) is 0 Å². The molecule has 0 N–H and O–H groups in total. The highest BCUT2D eigenvalue weighted by atomic mass is 14.9. The monoisotopic (exact) mass is 739 g/mol. The minimum Gasteiger partial charge on any atom is -0.263 e.